The Hall–Kier alpha value is -3.55. The molecule has 3 heterocycles. The summed E-state index contributed by atoms with van der Waals surface area (Å²) in [4.78, 5) is 23.7. The van der Waals surface area contributed by atoms with Crippen molar-refractivity contribution in [2.24, 2.45) is 5.73 Å². The largest absolute Gasteiger partial charge is 0.370 e. The van der Waals surface area contributed by atoms with Crippen molar-refractivity contribution in [2.75, 3.05) is 6.54 Å². The number of rotatable bonds is 5. The first-order chi connectivity index (χ1) is 13.0. The Morgan fingerprint density at radius 1 is 1.37 bits per heavy atom. The zero-order chi connectivity index (χ0) is 19.0. The Bertz CT molecular complexity index is 1150. The van der Waals surface area contributed by atoms with Crippen LogP contribution in [-0.2, 0) is 6.42 Å². The number of nitrogens with zero attached hydrogens (tertiary/aromatic N) is 2. The van der Waals surface area contributed by atoms with E-state index < -0.39 is 0 Å². The van der Waals surface area contributed by atoms with Gasteiger partial charge in [-0.1, -0.05) is 18.2 Å². The normalized spacial score (nSPS) is 11.3. The Labute approximate surface area is 155 Å². The highest BCUT2D eigenvalue weighted by atomic mass is 16.1. The van der Waals surface area contributed by atoms with Gasteiger partial charge in [-0.05, 0) is 25.8 Å². The summed E-state index contributed by atoms with van der Waals surface area (Å²) >= 11 is 0. The summed E-state index contributed by atoms with van der Waals surface area (Å²) in [7, 11) is 0. The van der Waals surface area contributed by atoms with Crippen molar-refractivity contribution in [2.45, 2.75) is 19.8 Å². The molecule has 2 aromatic rings. The monoisotopic (exact) mass is 363 g/mol. The number of nitrogens with one attached hydrogen (secondary N) is 4. The topological polar surface area (TPSA) is 128 Å². The van der Waals surface area contributed by atoms with E-state index in [9.17, 15) is 4.79 Å². The lowest BCUT2D eigenvalue weighted by Gasteiger charge is -2.13. The molecule has 1 aromatic heterocycles. The second kappa shape index (κ2) is 6.64. The van der Waals surface area contributed by atoms with Crippen LogP contribution < -0.4 is 16.6 Å². The fraction of sp³-hybridized carbons (Fsp3) is 0.211. The number of aromatic nitrogens is 4. The smallest absolute Gasteiger partial charge is 0.277 e. The van der Waals surface area contributed by atoms with Crippen LogP contribution in [0.5, 0.6) is 0 Å². The van der Waals surface area contributed by atoms with E-state index in [0.717, 1.165) is 34.3 Å². The quantitative estimate of drug-likeness (QED) is 0.211. The lowest BCUT2D eigenvalue weighted by molar-refractivity contribution is 0.742. The van der Waals surface area contributed by atoms with Crippen molar-refractivity contribution in [1.29, 1.82) is 5.41 Å². The Kier molecular flexibility index (Phi) is 4.15. The Balaban J connectivity index is 1.79. The minimum absolute atomic E-state index is 0.0461. The second-order valence-corrected chi connectivity index (χ2v) is 6.53. The zero-order valence-corrected chi connectivity index (χ0v) is 15.0. The number of hydrogen-bond acceptors (Lipinski definition) is 3. The molecule has 0 atom stereocenters. The van der Waals surface area contributed by atoms with E-state index in [-0.39, 0.29) is 11.5 Å². The molecule has 8 nitrogen and oxygen atoms in total. The van der Waals surface area contributed by atoms with E-state index in [0.29, 0.717) is 24.5 Å². The van der Waals surface area contributed by atoms with Crippen LogP contribution in [0, 0.1) is 12.3 Å². The molecule has 6 N–H and O–H groups in total. The molecule has 0 fully saturated rings. The maximum Gasteiger partial charge on any atom is 0.277 e. The number of guanidine groups is 1. The van der Waals surface area contributed by atoms with Crippen molar-refractivity contribution in [3.8, 4) is 17.1 Å². The SMILES string of the molecule is Cc1nc2c(CCCNC(=N)N)[nH]c(-c3c[nH]c4ccccc34)cn-2c1=O. The molecular weight excluding hydrogens is 342 g/mol. The predicted molar refractivity (Wildman–Crippen MR) is 106 cm³/mol. The molecule has 1 aromatic carbocycles. The molecule has 2 aliphatic rings. The van der Waals surface area contributed by atoms with Crippen molar-refractivity contribution >= 4 is 16.9 Å². The van der Waals surface area contributed by atoms with Gasteiger partial charge in [0.2, 0.25) is 0 Å². The van der Waals surface area contributed by atoms with E-state index in [1.807, 2.05) is 36.7 Å². The van der Waals surface area contributed by atoms with Gasteiger partial charge >= 0.3 is 0 Å². The van der Waals surface area contributed by atoms with Gasteiger partial charge in [-0.15, -0.1) is 0 Å². The standard InChI is InChI=1S/C19H21N7O/c1-11-18(27)26-10-16(13-9-23-14-6-3-2-5-12(13)14)25-15(17(26)24-11)7-4-8-22-19(20)21/h2-3,5-6,9-10,23,25H,4,7-8H2,1H3,(H4,20,21,22). The van der Waals surface area contributed by atoms with Crippen LogP contribution in [0.4, 0.5) is 0 Å². The van der Waals surface area contributed by atoms with Gasteiger partial charge in [-0.3, -0.25) is 14.8 Å². The van der Waals surface area contributed by atoms with Crippen molar-refractivity contribution in [3.05, 3.63) is 58.4 Å². The first-order valence-corrected chi connectivity index (χ1v) is 8.80. The van der Waals surface area contributed by atoms with E-state index in [2.05, 4.69) is 20.3 Å². The number of imidazole rings is 1. The molecule has 27 heavy (non-hydrogen) atoms. The first kappa shape index (κ1) is 16.9. The maximum atomic E-state index is 12.5. The molecule has 0 amide bonds. The molecule has 0 spiro atoms. The van der Waals surface area contributed by atoms with Crippen LogP contribution in [0.2, 0.25) is 0 Å². The maximum absolute atomic E-state index is 12.5. The fourth-order valence-corrected chi connectivity index (χ4v) is 3.34. The lowest BCUT2D eigenvalue weighted by atomic mass is 10.1. The number of hydrogen-bond donors (Lipinski definition) is 5. The van der Waals surface area contributed by atoms with Gasteiger partial charge < -0.3 is 21.0 Å². The molecule has 0 saturated carbocycles. The van der Waals surface area contributed by atoms with Gasteiger partial charge in [0.25, 0.3) is 5.56 Å². The molecule has 0 bridgehead atoms. The van der Waals surface area contributed by atoms with Crippen molar-refractivity contribution in [3.63, 3.8) is 0 Å². The summed E-state index contributed by atoms with van der Waals surface area (Å²) in [5.74, 6) is 0.596. The third-order valence-electron chi connectivity index (χ3n) is 4.64. The number of fused-ring (bicyclic) bond motifs is 2. The highest BCUT2D eigenvalue weighted by Crippen LogP contribution is 2.28. The third kappa shape index (κ3) is 3.05. The summed E-state index contributed by atoms with van der Waals surface area (Å²) in [6, 6.07) is 8.05. The number of nitrogens with two attached hydrogens (primary N) is 1. The van der Waals surface area contributed by atoms with Gasteiger partial charge in [-0.2, -0.15) is 0 Å². The fourth-order valence-electron chi connectivity index (χ4n) is 3.34. The Morgan fingerprint density at radius 3 is 3.00 bits per heavy atom. The molecular formula is C19H21N7O. The first-order valence-electron chi connectivity index (χ1n) is 8.80. The highest BCUT2D eigenvalue weighted by molar-refractivity contribution is 5.94. The number of benzene rings is 1. The van der Waals surface area contributed by atoms with Gasteiger partial charge in [0, 0.05) is 35.4 Å². The molecule has 0 saturated heterocycles. The molecule has 4 rings (SSSR count). The lowest BCUT2D eigenvalue weighted by Crippen LogP contribution is -2.31. The Morgan fingerprint density at radius 2 is 2.19 bits per heavy atom. The van der Waals surface area contributed by atoms with Crippen LogP contribution >= 0.6 is 0 Å². The third-order valence-corrected chi connectivity index (χ3v) is 4.64. The number of aromatic amines is 2. The van der Waals surface area contributed by atoms with E-state index in [1.165, 1.54) is 0 Å². The van der Waals surface area contributed by atoms with Crippen LogP contribution in [0.25, 0.3) is 28.0 Å². The summed E-state index contributed by atoms with van der Waals surface area (Å²) < 4.78 is 1.61. The van der Waals surface area contributed by atoms with Gasteiger partial charge in [0.1, 0.15) is 5.69 Å². The highest BCUT2D eigenvalue weighted by Gasteiger charge is 2.18. The minimum atomic E-state index is -0.108. The van der Waals surface area contributed by atoms with Crippen LogP contribution in [0.15, 0.2) is 41.5 Å². The average molecular weight is 363 g/mol. The van der Waals surface area contributed by atoms with Crippen molar-refractivity contribution < 1.29 is 0 Å². The second-order valence-electron chi connectivity index (χ2n) is 6.53. The summed E-state index contributed by atoms with van der Waals surface area (Å²) in [6.07, 6.45) is 5.18. The molecule has 138 valence electrons. The van der Waals surface area contributed by atoms with E-state index in [4.69, 9.17) is 11.1 Å². The molecule has 2 aliphatic heterocycles. The van der Waals surface area contributed by atoms with Gasteiger partial charge in [0.05, 0.1) is 11.4 Å². The van der Waals surface area contributed by atoms with Crippen LogP contribution in [0.3, 0.4) is 0 Å². The van der Waals surface area contributed by atoms with Gasteiger partial charge in [0.15, 0.2) is 11.8 Å². The number of H-pyrrole nitrogens is 2. The van der Waals surface area contributed by atoms with Crippen LogP contribution in [-0.4, -0.2) is 32.0 Å². The summed E-state index contributed by atoms with van der Waals surface area (Å²) in [5, 5.41) is 11.1. The van der Waals surface area contributed by atoms with Crippen molar-refractivity contribution in [1.82, 2.24) is 24.8 Å². The van der Waals surface area contributed by atoms with Crippen LogP contribution in [0.1, 0.15) is 17.8 Å². The number of para-hydroxylation sites is 1. The summed E-state index contributed by atoms with van der Waals surface area (Å²) in [6.45, 7) is 2.30. The zero-order valence-electron chi connectivity index (χ0n) is 15.0. The molecule has 0 radical (unpaired) electrons. The van der Waals surface area contributed by atoms with E-state index in [1.54, 1.807) is 11.5 Å². The average Bonchev–Trinajstić information content (AvgIpc) is 3.20. The molecule has 0 aliphatic carbocycles. The summed E-state index contributed by atoms with van der Waals surface area (Å²) in [5.41, 5.74) is 9.47. The number of aryl methyl sites for hydroxylation is 2. The van der Waals surface area contributed by atoms with Gasteiger partial charge in [-0.25, -0.2) is 4.98 Å². The van der Waals surface area contributed by atoms with E-state index >= 15 is 0 Å². The molecule has 0 unspecified atom stereocenters. The molecule has 8 heteroatoms. The predicted octanol–water partition coefficient (Wildman–Crippen LogP) is 1.87. The minimum Gasteiger partial charge on any atom is -0.370 e.